The maximum atomic E-state index is 2.53. The molecule has 0 heteroatoms. The van der Waals surface area contributed by atoms with E-state index in [1.165, 1.54) is 76.2 Å². The lowest BCUT2D eigenvalue weighted by Gasteiger charge is -2.41. The van der Waals surface area contributed by atoms with Crippen molar-refractivity contribution in [2.45, 2.75) is 103 Å². The van der Waals surface area contributed by atoms with Crippen molar-refractivity contribution in [3.8, 4) is 0 Å². The van der Waals surface area contributed by atoms with E-state index in [-0.39, 0.29) is 0 Å². The minimum atomic E-state index is 0.490. The summed E-state index contributed by atoms with van der Waals surface area (Å²) in [6, 6.07) is 4.93. The van der Waals surface area contributed by atoms with E-state index >= 15 is 0 Å². The van der Waals surface area contributed by atoms with E-state index < -0.39 is 0 Å². The Morgan fingerprint density at radius 2 is 1.55 bits per heavy atom. The second-order valence-corrected chi connectivity index (χ2v) is 8.00. The molecule has 0 spiro atoms. The zero-order valence-corrected chi connectivity index (χ0v) is 15.0. The molecule has 0 aliphatic heterocycles. The van der Waals surface area contributed by atoms with Crippen LogP contribution in [0.4, 0.5) is 0 Å². The molecule has 3 rings (SSSR count). The molecule has 2 aliphatic carbocycles. The Bertz CT molecular complexity index is 499. The van der Waals surface area contributed by atoms with Gasteiger partial charge in [0.25, 0.3) is 0 Å². The second-order valence-electron chi connectivity index (χ2n) is 8.00. The zero-order valence-electron chi connectivity index (χ0n) is 15.0. The van der Waals surface area contributed by atoms with E-state index in [1.54, 1.807) is 16.7 Å². The Labute approximate surface area is 137 Å². The Kier molecular flexibility index (Phi) is 4.95. The maximum Gasteiger partial charge on any atom is -0.00466 e. The summed E-state index contributed by atoms with van der Waals surface area (Å²) in [6.07, 6.45) is 15.7. The van der Waals surface area contributed by atoms with Crippen LogP contribution in [0.5, 0.6) is 0 Å². The zero-order chi connectivity index (χ0) is 15.6. The van der Waals surface area contributed by atoms with Gasteiger partial charge in [0.05, 0.1) is 0 Å². The third-order valence-corrected chi connectivity index (χ3v) is 6.86. The van der Waals surface area contributed by atoms with Crippen molar-refractivity contribution in [1.82, 2.24) is 0 Å². The first-order chi connectivity index (χ1) is 10.7. The van der Waals surface area contributed by atoms with Gasteiger partial charge in [-0.05, 0) is 79.5 Å². The highest BCUT2D eigenvalue weighted by Gasteiger charge is 2.36. The molecule has 0 saturated heterocycles. The highest BCUT2D eigenvalue weighted by atomic mass is 14.4. The fourth-order valence-corrected chi connectivity index (χ4v) is 5.26. The van der Waals surface area contributed by atoms with E-state index in [4.69, 9.17) is 0 Å². The largest absolute Gasteiger partial charge is 0.0645 e. The average molecular weight is 299 g/mol. The van der Waals surface area contributed by atoms with Crippen LogP contribution < -0.4 is 0 Å². The van der Waals surface area contributed by atoms with Gasteiger partial charge in [0.1, 0.15) is 0 Å². The predicted molar refractivity (Wildman–Crippen MR) is 96.8 cm³/mol. The van der Waals surface area contributed by atoms with E-state index in [9.17, 15) is 0 Å². The Balaban J connectivity index is 2.07. The highest BCUT2D eigenvalue weighted by molar-refractivity contribution is 5.46. The summed E-state index contributed by atoms with van der Waals surface area (Å²) in [7, 11) is 0. The van der Waals surface area contributed by atoms with Crippen LogP contribution in [0.25, 0.3) is 0 Å². The first kappa shape index (κ1) is 16.1. The lowest BCUT2D eigenvalue weighted by molar-refractivity contribution is 0.278. The van der Waals surface area contributed by atoms with Gasteiger partial charge >= 0.3 is 0 Å². The molecular weight excluding hydrogens is 264 g/mol. The van der Waals surface area contributed by atoms with Crippen molar-refractivity contribution < 1.29 is 0 Å². The van der Waals surface area contributed by atoms with Crippen molar-refractivity contribution >= 4 is 0 Å². The van der Waals surface area contributed by atoms with E-state index in [1.807, 2.05) is 0 Å². The van der Waals surface area contributed by atoms with Crippen LogP contribution in [0.3, 0.4) is 0 Å². The molecule has 122 valence electrons. The van der Waals surface area contributed by atoms with Crippen LogP contribution in [0.15, 0.2) is 12.1 Å². The van der Waals surface area contributed by atoms with Gasteiger partial charge in [0, 0.05) is 0 Å². The molecule has 0 bridgehead atoms. The van der Waals surface area contributed by atoms with Gasteiger partial charge in [-0.25, -0.2) is 0 Å². The van der Waals surface area contributed by atoms with E-state index in [2.05, 4.69) is 32.9 Å². The lowest BCUT2D eigenvalue weighted by Crippen LogP contribution is -2.30. The van der Waals surface area contributed by atoms with Crippen LogP contribution in [0.2, 0.25) is 0 Å². The number of hydrogen-bond donors (Lipinski definition) is 0. The van der Waals surface area contributed by atoms with Gasteiger partial charge in [-0.1, -0.05) is 57.6 Å². The van der Waals surface area contributed by atoms with Crippen LogP contribution in [0.1, 0.15) is 106 Å². The summed E-state index contributed by atoms with van der Waals surface area (Å²) in [6.45, 7) is 7.14. The molecule has 0 atom stereocenters. The third kappa shape index (κ3) is 2.86. The molecule has 22 heavy (non-hydrogen) atoms. The Morgan fingerprint density at radius 1 is 0.909 bits per heavy atom. The van der Waals surface area contributed by atoms with Gasteiger partial charge in [-0.3, -0.25) is 0 Å². The molecule has 0 aromatic heterocycles. The predicted octanol–water partition coefficient (Wildman–Crippen LogP) is 6.96. The monoisotopic (exact) mass is 298 g/mol. The van der Waals surface area contributed by atoms with Gasteiger partial charge in [0.15, 0.2) is 0 Å². The van der Waals surface area contributed by atoms with Crippen molar-refractivity contribution in [2.75, 3.05) is 0 Å². The molecule has 0 heterocycles. The first-order valence-corrected chi connectivity index (χ1v) is 9.78. The summed E-state index contributed by atoms with van der Waals surface area (Å²) in [5.41, 5.74) is 7.14. The van der Waals surface area contributed by atoms with Gasteiger partial charge in [-0.2, -0.15) is 0 Å². The summed E-state index contributed by atoms with van der Waals surface area (Å²) in [5, 5.41) is 0. The summed E-state index contributed by atoms with van der Waals surface area (Å²) in [4.78, 5) is 0. The summed E-state index contributed by atoms with van der Waals surface area (Å²) < 4.78 is 0. The fraction of sp³-hybridized carbons (Fsp3) is 0.727. The third-order valence-electron chi connectivity index (χ3n) is 6.86. The van der Waals surface area contributed by atoms with Crippen LogP contribution in [-0.2, 0) is 5.41 Å². The fourth-order valence-electron chi connectivity index (χ4n) is 5.26. The molecule has 1 aromatic carbocycles. The van der Waals surface area contributed by atoms with Crippen molar-refractivity contribution in [1.29, 1.82) is 0 Å². The molecule has 0 amide bonds. The second kappa shape index (κ2) is 6.77. The average Bonchev–Trinajstić information content (AvgIpc) is 2.58. The SMILES string of the molecule is CCC1(c2ccc(C)c(C)c2C2CCCCC2)CCCCC1. The molecule has 2 aliphatic rings. The van der Waals surface area contributed by atoms with Gasteiger partial charge in [0.2, 0.25) is 0 Å². The van der Waals surface area contributed by atoms with Crippen LogP contribution in [0, 0.1) is 13.8 Å². The quantitative estimate of drug-likeness (QED) is 0.565. The number of rotatable bonds is 3. The van der Waals surface area contributed by atoms with Crippen molar-refractivity contribution in [3.05, 3.63) is 34.4 Å². The Hall–Kier alpha value is -0.780. The summed E-state index contributed by atoms with van der Waals surface area (Å²) >= 11 is 0. The number of benzene rings is 1. The molecule has 0 N–H and O–H groups in total. The number of aryl methyl sites for hydroxylation is 1. The van der Waals surface area contributed by atoms with E-state index in [0.717, 1.165) is 5.92 Å². The van der Waals surface area contributed by atoms with E-state index in [0.29, 0.717) is 5.41 Å². The molecule has 1 aromatic rings. The van der Waals surface area contributed by atoms with Gasteiger partial charge in [-0.15, -0.1) is 0 Å². The lowest BCUT2D eigenvalue weighted by atomic mass is 9.64. The van der Waals surface area contributed by atoms with Crippen molar-refractivity contribution in [2.24, 2.45) is 0 Å². The topological polar surface area (TPSA) is 0 Å². The minimum absolute atomic E-state index is 0.490. The molecule has 2 fully saturated rings. The number of hydrogen-bond acceptors (Lipinski definition) is 0. The standard InChI is InChI=1S/C22H34/c1-4-22(15-9-6-10-16-22)20-14-13-17(2)18(3)21(20)19-11-7-5-8-12-19/h13-14,19H,4-12,15-16H2,1-3H3. The normalized spacial score (nSPS) is 22.7. The maximum absolute atomic E-state index is 2.53. The van der Waals surface area contributed by atoms with Crippen LogP contribution >= 0.6 is 0 Å². The molecular formula is C22H34. The molecule has 0 unspecified atom stereocenters. The molecule has 0 radical (unpaired) electrons. The minimum Gasteiger partial charge on any atom is -0.0645 e. The van der Waals surface area contributed by atoms with Gasteiger partial charge < -0.3 is 0 Å². The van der Waals surface area contributed by atoms with Crippen molar-refractivity contribution in [3.63, 3.8) is 0 Å². The Morgan fingerprint density at radius 3 is 2.18 bits per heavy atom. The summed E-state index contributed by atoms with van der Waals surface area (Å²) in [5.74, 6) is 0.842. The highest BCUT2D eigenvalue weighted by Crippen LogP contribution is 2.48. The molecule has 2 saturated carbocycles. The smallest absolute Gasteiger partial charge is 0.00466 e. The molecule has 0 nitrogen and oxygen atoms in total. The first-order valence-electron chi connectivity index (χ1n) is 9.78. The van der Waals surface area contributed by atoms with Crippen LogP contribution in [-0.4, -0.2) is 0 Å².